The Morgan fingerprint density at radius 1 is 1.40 bits per heavy atom. The van der Waals surface area contributed by atoms with Crippen LogP contribution in [-0.2, 0) is 4.79 Å². The van der Waals surface area contributed by atoms with Crippen molar-refractivity contribution in [2.24, 2.45) is 5.92 Å². The highest BCUT2D eigenvalue weighted by Crippen LogP contribution is 2.21. The maximum absolute atomic E-state index is 11.6. The average molecular weight is 299 g/mol. The minimum absolute atomic E-state index is 0.308. The molecule has 3 N–H and O–H groups in total. The third kappa shape index (κ3) is 5.56. The first-order chi connectivity index (χ1) is 9.40. The molecule has 0 aliphatic heterocycles. The number of amides is 2. The van der Waals surface area contributed by atoms with Crippen LogP contribution in [-0.4, -0.2) is 28.6 Å². The van der Waals surface area contributed by atoms with E-state index in [-0.39, 0.29) is 11.9 Å². The largest absolute Gasteiger partial charge is 0.481 e. The molecule has 1 atom stereocenters. The number of urea groups is 1. The van der Waals surface area contributed by atoms with Gasteiger partial charge >= 0.3 is 12.0 Å². The van der Waals surface area contributed by atoms with Crippen molar-refractivity contribution in [3.05, 3.63) is 11.1 Å². The van der Waals surface area contributed by atoms with Crippen LogP contribution in [0.3, 0.4) is 0 Å². The minimum atomic E-state index is -0.807. The molecule has 20 heavy (non-hydrogen) atoms. The lowest BCUT2D eigenvalue weighted by molar-refractivity contribution is -0.141. The molecule has 1 aromatic heterocycles. The molecular weight excluding hydrogens is 278 g/mol. The predicted octanol–water partition coefficient (Wildman–Crippen LogP) is 2.89. The molecule has 0 fully saturated rings. The van der Waals surface area contributed by atoms with Gasteiger partial charge in [0, 0.05) is 11.9 Å². The van der Waals surface area contributed by atoms with Gasteiger partial charge in [-0.25, -0.2) is 9.78 Å². The number of aliphatic carboxylic acids is 1. The average Bonchev–Trinajstić information content (AvgIpc) is 2.82. The van der Waals surface area contributed by atoms with E-state index >= 15 is 0 Å². The summed E-state index contributed by atoms with van der Waals surface area (Å²) >= 11 is 1.39. The molecule has 0 spiro atoms. The Morgan fingerprint density at radius 2 is 2.10 bits per heavy atom. The number of thiazole rings is 1. The summed E-state index contributed by atoms with van der Waals surface area (Å²) in [5, 5.41) is 16.6. The smallest absolute Gasteiger partial charge is 0.321 e. The lowest BCUT2D eigenvalue weighted by Crippen LogP contribution is -2.29. The molecule has 0 aliphatic rings. The normalized spacial score (nSPS) is 12.2. The molecule has 1 aromatic rings. The zero-order chi connectivity index (χ0) is 15.1. The quantitative estimate of drug-likeness (QED) is 0.675. The highest BCUT2D eigenvalue weighted by molar-refractivity contribution is 7.13. The molecule has 1 rings (SSSR count). The van der Waals surface area contributed by atoms with Gasteiger partial charge in [-0.05, 0) is 18.8 Å². The second-order valence-corrected chi connectivity index (χ2v) is 5.85. The second kappa shape index (κ2) is 7.84. The summed E-state index contributed by atoms with van der Waals surface area (Å²) < 4.78 is 0. The van der Waals surface area contributed by atoms with E-state index in [9.17, 15) is 9.59 Å². The highest BCUT2D eigenvalue weighted by atomic mass is 32.1. The van der Waals surface area contributed by atoms with Gasteiger partial charge in [-0.1, -0.05) is 20.8 Å². The van der Waals surface area contributed by atoms with Crippen LogP contribution in [0.15, 0.2) is 5.38 Å². The van der Waals surface area contributed by atoms with Crippen molar-refractivity contribution in [2.45, 2.75) is 39.5 Å². The van der Waals surface area contributed by atoms with Gasteiger partial charge in [0.2, 0.25) is 0 Å². The van der Waals surface area contributed by atoms with Crippen molar-refractivity contribution in [1.29, 1.82) is 0 Å². The van der Waals surface area contributed by atoms with Gasteiger partial charge in [0.25, 0.3) is 0 Å². The van der Waals surface area contributed by atoms with Crippen molar-refractivity contribution in [2.75, 3.05) is 11.9 Å². The van der Waals surface area contributed by atoms with Crippen molar-refractivity contribution < 1.29 is 14.7 Å². The molecule has 112 valence electrons. The molecular formula is C13H21N3O3S. The molecule has 0 saturated heterocycles. The molecule has 0 radical (unpaired) electrons. The summed E-state index contributed by atoms with van der Waals surface area (Å²) in [5.74, 6) is -0.853. The van der Waals surface area contributed by atoms with Crippen LogP contribution < -0.4 is 10.6 Å². The number of hydrogen-bond acceptors (Lipinski definition) is 4. The number of nitrogens with one attached hydrogen (secondary N) is 2. The number of anilines is 1. The summed E-state index contributed by atoms with van der Waals surface area (Å²) in [7, 11) is 0. The van der Waals surface area contributed by atoms with Crippen LogP contribution in [0.4, 0.5) is 9.93 Å². The molecule has 1 unspecified atom stereocenters. The van der Waals surface area contributed by atoms with E-state index < -0.39 is 5.97 Å². The van der Waals surface area contributed by atoms with Crippen molar-refractivity contribution >= 4 is 28.5 Å². The first-order valence-electron chi connectivity index (χ1n) is 6.63. The molecule has 0 saturated carbocycles. The maximum Gasteiger partial charge on any atom is 0.321 e. The van der Waals surface area contributed by atoms with Crippen LogP contribution in [0.25, 0.3) is 0 Å². The van der Waals surface area contributed by atoms with Crippen molar-refractivity contribution in [3.63, 3.8) is 0 Å². The molecule has 0 aliphatic carbocycles. The number of nitrogens with zero attached hydrogens (tertiary/aromatic N) is 1. The number of carboxylic acids is 1. The fourth-order valence-electron chi connectivity index (χ4n) is 1.48. The van der Waals surface area contributed by atoms with E-state index in [0.717, 1.165) is 5.69 Å². The molecule has 0 aromatic carbocycles. The summed E-state index contributed by atoms with van der Waals surface area (Å²) in [4.78, 5) is 26.5. The van der Waals surface area contributed by atoms with E-state index in [0.29, 0.717) is 30.4 Å². The minimum Gasteiger partial charge on any atom is -0.481 e. The molecule has 0 bridgehead atoms. The van der Waals surface area contributed by atoms with E-state index in [1.807, 2.05) is 19.2 Å². The SMILES string of the molecule is CC(CCCNC(=O)Nc1nc(C(C)C)cs1)C(=O)O. The van der Waals surface area contributed by atoms with E-state index in [4.69, 9.17) is 5.11 Å². The van der Waals surface area contributed by atoms with Gasteiger partial charge in [-0.3, -0.25) is 10.1 Å². The second-order valence-electron chi connectivity index (χ2n) is 4.99. The first kappa shape index (κ1) is 16.4. The van der Waals surface area contributed by atoms with Crippen LogP contribution >= 0.6 is 11.3 Å². The van der Waals surface area contributed by atoms with Gasteiger partial charge in [-0.2, -0.15) is 0 Å². The number of rotatable bonds is 7. The summed E-state index contributed by atoms with van der Waals surface area (Å²) in [6.07, 6.45) is 1.18. The zero-order valence-corrected chi connectivity index (χ0v) is 12.8. The Kier molecular flexibility index (Phi) is 6.44. The fraction of sp³-hybridized carbons (Fsp3) is 0.615. The van der Waals surface area contributed by atoms with Gasteiger partial charge in [0.15, 0.2) is 5.13 Å². The first-order valence-corrected chi connectivity index (χ1v) is 7.51. The lowest BCUT2D eigenvalue weighted by atomic mass is 10.1. The maximum atomic E-state index is 11.6. The van der Waals surface area contributed by atoms with E-state index in [1.165, 1.54) is 11.3 Å². The van der Waals surface area contributed by atoms with Crippen LogP contribution in [0.2, 0.25) is 0 Å². The number of carbonyl (C=O) groups is 2. The standard InChI is InChI=1S/C13H21N3O3S/c1-8(2)10-7-20-13(15-10)16-12(19)14-6-4-5-9(3)11(17)18/h7-9H,4-6H2,1-3H3,(H,17,18)(H2,14,15,16,19). The summed E-state index contributed by atoms with van der Waals surface area (Å²) in [6, 6.07) is -0.308. The molecule has 1 heterocycles. The summed E-state index contributed by atoms with van der Waals surface area (Å²) in [6.45, 7) is 6.20. The molecule has 7 heteroatoms. The lowest BCUT2D eigenvalue weighted by Gasteiger charge is -2.07. The predicted molar refractivity (Wildman–Crippen MR) is 79.3 cm³/mol. The Balaban J connectivity index is 2.24. The third-order valence-corrected chi connectivity index (χ3v) is 3.63. The molecule has 2 amide bonds. The van der Waals surface area contributed by atoms with Gasteiger partial charge in [0.05, 0.1) is 11.6 Å². The fourth-order valence-corrected chi connectivity index (χ4v) is 2.35. The van der Waals surface area contributed by atoms with E-state index in [1.54, 1.807) is 6.92 Å². The third-order valence-electron chi connectivity index (χ3n) is 2.85. The Morgan fingerprint density at radius 3 is 2.65 bits per heavy atom. The number of aromatic nitrogens is 1. The van der Waals surface area contributed by atoms with Gasteiger partial charge in [0.1, 0.15) is 0 Å². The Labute approximate surface area is 122 Å². The van der Waals surface area contributed by atoms with Crippen molar-refractivity contribution in [1.82, 2.24) is 10.3 Å². The Hall–Kier alpha value is -1.63. The van der Waals surface area contributed by atoms with Crippen LogP contribution in [0.1, 0.15) is 45.2 Å². The highest BCUT2D eigenvalue weighted by Gasteiger charge is 2.11. The molecule has 6 nitrogen and oxygen atoms in total. The van der Waals surface area contributed by atoms with Crippen molar-refractivity contribution in [3.8, 4) is 0 Å². The van der Waals surface area contributed by atoms with Crippen LogP contribution in [0.5, 0.6) is 0 Å². The number of carbonyl (C=O) groups excluding carboxylic acids is 1. The topological polar surface area (TPSA) is 91.3 Å². The van der Waals surface area contributed by atoms with Gasteiger partial charge < -0.3 is 10.4 Å². The van der Waals surface area contributed by atoms with Gasteiger partial charge in [-0.15, -0.1) is 11.3 Å². The monoisotopic (exact) mass is 299 g/mol. The number of hydrogen-bond donors (Lipinski definition) is 3. The summed E-state index contributed by atoms with van der Waals surface area (Å²) in [5.41, 5.74) is 0.959. The number of carboxylic acid groups (broad SMARTS) is 1. The zero-order valence-electron chi connectivity index (χ0n) is 12.0. The van der Waals surface area contributed by atoms with E-state index in [2.05, 4.69) is 15.6 Å². The Bertz CT molecular complexity index is 459. The van der Waals surface area contributed by atoms with Crippen LogP contribution in [0, 0.1) is 5.92 Å².